The van der Waals surface area contributed by atoms with E-state index in [0.29, 0.717) is 5.56 Å². The monoisotopic (exact) mass is 473 g/mol. The molecule has 0 radical (unpaired) electrons. The van der Waals surface area contributed by atoms with Gasteiger partial charge in [-0.2, -0.15) is 5.10 Å². The molecule has 0 bridgehead atoms. The van der Waals surface area contributed by atoms with Crippen LogP contribution in [0.2, 0.25) is 0 Å². The predicted molar refractivity (Wildman–Crippen MR) is 132 cm³/mol. The summed E-state index contributed by atoms with van der Waals surface area (Å²) in [5.74, 6) is 1.64. The number of hydrogen-bond donors (Lipinski definition) is 1. The maximum Gasteiger partial charge on any atom is 0.142 e. The minimum atomic E-state index is -0.213. The van der Waals surface area contributed by atoms with Gasteiger partial charge in [-0.15, -0.1) is 11.3 Å². The topological polar surface area (TPSA) is 73.5 Å². The van der Waals surface area contributed by atoms with Crippen molar-refractivity contribution in [1.29, 1.82) is 0 Å². The fourth-order valence-corrected chi connectivity index (χ4v) is 5.89. The summed E-state index contributed by atoms with van der Waals surface area (Å²) in [6.07, 6.45) is 10.3. The van der Waals surface area contributed by atoms with E-state index < -0.39 is 0 Å². The van der Waals surface area contributed by atoms with Crippen LogP contribution in [0.1, 0.15) is 29.6 Å². The molecule has 4 heterocycles. The fraction of sp³-hybridized carbons (Fsp3) is 0.280. The van der Waals surface area contributed by atoms with Crippen LogP contribution in [0.5, 0.6) is 0 Å². The highest BCUT2D eigenvalue weighted by Gasteiger charge is 2.26. The average Bonchev–Trinajstić information content (AvgIpc) is 3.55. The standard InChI is InChI=1S/C25H24FN7S/c1-3-21-27-8-9-32(21)10-11-33-13-18-20(31-33)7-5-17-22-24(28-14-29-25(22)34-23(17)18)30-16-4-6-19(26)15(2)12-16/h4,6,8-9,12-14H,3,5,7,10-11H2,1-2H3,(H,28,29,30). The van der Waals surface area contributed by atoms with E-state index in [9.17, 15) is 4.39 Å². The molecule has 7 nitrogen and oxygen atoms in total. The van der Waals surface area contributed by atoms with Crippen molar-refractivity contribution in [1.82, 2.24) is 29.3 Å². The van der Waals surface area contributed by atoms with E-state index in [0.717, 1.165) is 65.6 Å². The van der Waals surface area contributed by atoms with Gasteiger partial charge in [-0.05, 0) is 49.1 Å². The van der Waals surface area contributed by atoms with E-state index in [-0.39, 0.29) is 5.82 Å². The lowest BCUT2D eigenvalue weighted by Crippen LogP contribution is -2.10. The zero-order chi connectivity index (χ0) is 23.2. The number of anilines is 2. The molecular weight excluding hydrogens is 449 g/mol. The first-order valence-corrected chi connectivity index (χ1v) is 12.3. The average molecular weight is 474 g/mol. The Kier molecular flexibility index (Phi) is 5.13. The number of thiophene rings is 1. The zero-order valence-electron chi connectivity index (χ0n) is 19.0. The van der Waals surface area contributed by atoms with Gasteiger partial charge >= 0.3 is 0 Å². The van der Waals surface area contributed by atoms with E-state index in [1.54, 1.807) is 36.7 Å². The van der Waals surface area contributed by atoms with Crippen molar-refractivity contribution in [2.45, 2.75) is 46.2 Å². The summed E-state index contributed by atoms with van der Waals surface area (Å²) in [5, 5.41) is 9.32. The van der Waals surface area contributed by atoms with E-state index >= 15 is 0 Å². The first-order chi connectivity index (χ1) is 16.6. The molecule has 0 amide bonds. The molecule has 0 saturated carbocycles. The Hall–Kier alpha value is -3.59. The summed E-state index contributed by atoms with van der Waals surface area (Å²) in [7, 11) is 0. The molecular formula is C25H24FN7S. The molecule has 0 unspecified atom stereocenters. The molecule has 0 atom stereocenters. The molecule has 1 aliphatic carbocycles. The number of imidazole rings is 1. The Labute approximate surface area is 200 Å². The lowest BCUT2D eigenvalue weighted by Gasteiger charge is -2.12. The van der Waals surface area contributed by atoms with E-state index in [1.807, 2.05) is 12.4 Å². The summed E-state index contributed by atoms with van der Waals surface area (Å²) < 4.78 is 18.0. The number of aryl methyl sites for hydroxylation is 6. The molecule has 0 fully saturated rings. The summed E-state index contributed by atoms with van der Waals surface area (Å²) >= 11 is 1.69. The third-order valence-electron chi connectivity index (χ3n) is 6.39. The van der Waals surface area contributed by atoms with Crippen LogP contribution in [-0.2, 0) is 32.4 Å². The second kappa shape index (κ2) is 8.32. The minimum Gasteiger partial charge on any atom is -0.340 e. The normalized spacial score (nSPS) is 12.7. The first-order valence-electron chi connectivity index (χ1n) is 11.5. The lowest BCUT2D eigenvalue weighted by atomic mass is 9.95. The molecule has 34 heavy (non-hydrogen) atoms. The Balaban J connectivity index is 1.33. The maximum absolute atomic E-state index is 13.7. The Morgan fingerprint density at radius 2 is 2.06 bits per heavy atom. The van der Waals surface area contributed by atoms with E-state index in [2.05, 4.69) is 42.6 Å². The number of halogens is 1. The third kappa shape index (κ3) is 3.56. The van der Waals surface area contributed by atoms with Crippen LogP contribution in [0.3, 0.4) is 0 Å². The SMILES string of the molecule is CCc1nccn1CCn1cc2c(n1)CCc1c-2sc2ncnc(Nc3ccc(F)c(C)c3)c12. The third-order valence-corrected chi connectivity index (χ3v) is 7.56. The summed E-state index contributed by atoms with van der Waals surface area (Å²) in [6, 6.07) is 5.02. The number of hydrogen-bond acceptors (Lipinski definition) is 6. The zero-order valence-corrected chi connectivity index (χ0v) is 19.9. The highest BCUT2D eigenvalue weighted by atomic mass is 32.1. The maximum atomic E-state index is 13.7. The van der Waals surface area contributed by atoms with Crippen molar-refractivity contribution in [3.63, 3.8) is 0 Å². The minimum absolute atomic E-state index is 0.213. The highest BCUT2D eigenvalue weighted by molar-refractivity contribution is 7.22. The number of nitrogens with one attached hydrogen (secondary N) is 1. The molecule has 1 N–H and O–H groups in total. The fourth-order valence-electron chi connectivity index (χ4n) is 4.66. The van der Waals surface area contributed by atoms with Gasteiger partial charge in [-0.25, -0.2) is 19.3 Å². The predicted octanol–water partition coefficient (Wildman–Crippen LogP) is 5.30. The second-order valence-corrected chi connectivity index (χ2v) is 9.54. The van der Waals surface area contributed by atoms with Gasteiger partial charge in [0.25, 0.3) is 0 Å². The van der Waals surface area contributed by atoms with Crippen LogP contribution in [-0.4, -0.2) is 29.3 Å². The summed E-state index contributed by atoms with van der Waals surface area (Å²) in [6.45, 7) is 5.53. The molecule has 0 spiro atoms. The van der Waals surface area contributed by atoms with Crippen LogP contribution in [0.25, 0.3) is 20.7 Å². The number of fused-ring (bicyclic) bond motifs is 5. The van der Waals surface area contributed by atoms with Gasteiger partial charge in [-0.3, -0.25) is 4.68 Å². The number of aromatic nitrogens is 6. The number of nitrogens with zero attached hydrogens (tertiary/aromatic N) is 6. The first kappa shape index (κ1) is 21.0. The Morgan fingerprint density at radius 3 is 2.91 bits per heavy atom. The van der Waals surface area contributed by atoms with Crippen molar-refractivity contribution in [2.24, 2.45) is 0 Å². The largest absolute Gasteiger partial charge is 0.340 e. The number of benzene rings is 1. The molecule has 0 saturated heterocycles. The van der Waals surface area contributed by atoms with Crippen molar-refractivity contribution in [3.8, 4) is 10.4 Å². The van der Waals surface area contributed by atoms with Crippen LogP contribution in [0.15, 0.2) is 43.1 Å². The van der Waals surface area contributed by atoms with Gasteiger partial charge in [-0.1, -0.05) is 6.92 Å². The molecule has 1 aliphatic rings. The van der Waals surface area contributed by atoms with Gasteiger partial charge in [0.1, 0.15) is 28.6 Å². The Bertz CT molecular complexity index is 1510. The molecule has 5 aromatic rings. The quantitative estimate of drug-likeness (QED) is 0.362. The van der Waals surface area contributed by atoms with Gasteiger partial charge in [0.2, 0.25) is 0 Å². The molecule has 1 aromatic carbocycles. The van der Waals surface area contributed by atoms with Crippen LogP contribution in [0, 0.1) is 12.7 Å². The van der Waals surface area contributed by atoms with Crippen molar-refractivity contribution in [3.05, 3.63) is 71.6 Å². The summed E-state index contributed by atoms with van der Waals surface area (Å²) in [5.41, 5.74) is 5.00. The summed E-state index contributed by atoms with van der Waals surface area (Å²) in [4.78, 5) is 15.7. The molecule has 9 heteroatoms. The van der Waals surface area contributed by atoms with Crippen molar-refractivity contribution >= 4 is 33.1 Å². The van der Waals surface area contributed by atoms with Crippen LogP contribution < -0.4 is 5.32 Å². The van der Waals surface area contributed by atoms with Crippen LogP contribution >= 0.6 is 11.3 Å². The van der Waals surface area contributed by atoms with Gasteiger partial charge < -0.3 is 9.88 Å². The van der Waals surface area contributed by atoms with Crippen molar-refractivity contribution < 1.29 is 4.39 Å². The second-order valence-electron chi connectivity index (χ2n) is 8.54. The Morgan fingerprint density at radius 1 is 1.15 bits per heavy atom. The van der Waals surface area contributed by atoms with Gasteiger partial charge in [0.15, 0.2) is 0 Å². The molecule has 6 rings (SSSR count). The van der Waals surface area contributed by atoms with Crippen molar-refractivity contribution in [2.75, 3.05) is 5.32 Å². The van der Waals surface area contributed by atoms with Gasteiger partial charge in [0.05, 0.1) is 17.6 Å². The molecule has 0 aliphatic heterocycles. The molecule has 4 aromatic heterocycles. The highest BCUT2D eigenvalue weighted by Crippen LogP contribution is 2.45. The smallest absolute Gasteiger partial charge is 0.142 e. The van der Waals surface area contributed by atoms with Gasteiger partial charge in [0, 0.05) is 47.7 Å². The van der Waals surface area contributed by atoms with E-state index in [4.69, 9.17) is 5.10 Å². The molecule has 172 valence electrons. The number of rotatable bonds is 6. The van der Waals surface area contributed by atoms with E-state index in [1.165, 1.54) is 22.1 Å². The van der Waals surface area contributed by atoms with Crippen LogP contribution in [0.4, 0.5) is 15.9 Å². The lowest BCUT2D eigenvalue weighted by molar-refractivity contribution is 0.517.